The number of halogens is 2. The molecule has 0 radical (unpaired) electrons. The first-order valence-electron chi connectivity index (χ1n) is 9.49. The first kappa shape index (κ1) is 22.7. The lowest BCUT2D eigenvalue weighted by Crippen LogP contribution is -2.34. The van der Waals surface area contributed by atoms with E-state index in [9.17, 15) is 9.90 Å². The minimum absolute atomic E-state index is 0.306. The molecule has 160 valence electrons. The van der Waals surface area contributed by atoms with E-state index in [2.05, 4.69) is 13.8 Å². The lowest BCUT2D eigenvalue weighted by Gasteiger charge is -2.25. The zero-order valence-corrected chi connectivity index (χ0v) is 19.8. The van der Waals surface area contributed by atoms with Gasteiger partial charge < -0.3 is 14.6 Å². The quantitative estimate of drug-likeness (QED) is 0.409. The molecule has 1 N–H and O–H groups in total. The Morgan fingerprint density at radius 3 is 2.17 bits per heavy atom. The zero-order chi connectivity index (χ0) is 22.2. The van der Waals surface area contributed by atoms with Crippen molar-refractivity contribution >= 4 is 50.6 Å². The molecule has 3 rings (SSSR count). The van der Waals surface area contributed by atoms with Gasteiger partial charge in [0.15, 0.2) is 11.5 Å². The van der Waals surface area contributed by atoms with Gasteiger partial charge >= 0.3 is 5.97 Å². The summed E-state index contributed by atoms with van der Waals surface area (Å²) in [4.78, 5) is 13.2. The summed E-state index contributed by atoms with van der Waals surface area (Å²) in [5.41, 5.74) is 0.832. The van der Waals surface area contributed by atoms with Crippen LogP contribution >= 0.6 is 34.5 Å². The highest BCUT2D eigenvalue weighted by Gasteiger charge is 2.36. The van der Waals surface area contributed by atoms with Crippen LogP contribution in [0.2, 0.25) is 10.0 Å². The summed E-state index contributed by atoms with van der Waals surface area (Å²) in [6.07, 6.45) is 0.306. The molecule has 1 heterocycles. The summed E-state index contributed by atoms with van der Waals surface area (Å²) in [5, 5.41) is 11.6. The zero-order valence-electron chi connectivity index (χ0n) is 17.5. The normalized spacial score (nSPS) is 13.5. The van der Waals surface area contributed by atoms with Crippen molar-refractivity contribution in [3.8, 4) is 11.5 Å². The summed E-state index contributed by atoms with van der Waals surface area (Å²) in [7, 11) is 3.00. The van der Waals surface area contributed by atoms with Crippen LogP contribution in [0.25, 0.3) is 10.1 Å². The summed E-state index contributed by atoms with van der Waals surface area (Å²) < 4.78 is 11.5. The van der Waals surface area contributed by atoms with Crippen molar-refractivity contribution in [3.63, 3.8) is 0 Å². The van der Waals surface area contributed by atoms with E-state index >= 15 is 0 Å². The largest absolute Gasteiger partial charge is 0.491 e. The Balaban J connectivity index is 2.09. The van der Waals surface area contributed by atoms with E-state index in [-0.39, 0.29) is 0 Å². The lowest BCUT2D eigenvalue weighted by atomic mass is 9.78. The van der Waals surface area contributed by atoms with Crippen LogP contribution in [0, 0.1) is 0 Å². The number of carboxylic acid groups (broad SMARTS) is 1. The molecule has 1 unspecified atom stereocenters. The van der Waals surface area contributed by atoms with Gasteiger partial charge in [-0.2, -0.15) is 0 Å². The average Bonchev–Trinajstić information content (AvgIpc) is 3.14. The SMILES string of the molecule is COc1c(OC)c(Cl)c2sc(CC(C)(C(=O)O)c3ccc(C(C)C)cc3)cc2c1Cl. The second-order valence-electron chi connectivity index (χ2n) is 7.74. The number of methoxy groups -OCH3 is 2. The van der Waals surface area contributed by atoms with Crippen molar-refractivity contribution in [1.82, 2.24) is 0 Å². The minimum Gasteiger partial charge on any atom is -0.491 e. The molecule has 0 bridgehead atoms. The number of carboxylic acids is 1. The highest BCUT2D eigenvalue weighted by atomic mass is 35.5. The number of carbonyl (C=O) groups is 1. The van der Waals surface area contributed by atoms with Crippen molar-refractivity contribution < 1.29 is 19.4 Å². The number of ether oxygens (including phenoxy) is 2. The van der Waals surface area contributed by atoms with Gasteiger partial charge in [0, 0.05) is 16.7 Å². The predicted octanol–water partition coefficient (Wildman–Crippen LogP) is 6.93. The molecule has 4 nitrogen and oxygen atoms in total. The van der Waals surface area contributed by atoms with E-state index in [0.29, 0.717) is 33.9 Å². The van der Waals surface area contributed by atoms with Gasteiger partial charge in [0.1, 0.15) is 5.02 Å². The van der Waals surface area contributed by atoms with Gasteiger partial charge in [-0.1, -0.05) is 61.3 Å². The summed E-state index contributed by atoms with van der Waals surface area (Å²) in [6, 6.07) is 9.69. The standard InChI is InChI=1S/C23H24Cl2O4S/c1-12(2)13-6-8-14(9-7-13)23(3,22(26)27)11-15-10-16-17(24)19(28-4)20(29-5)18(25)21(16)30-15/h6-10,12H,11H2,1-5H3,(H,26,27). The average molecular weight is 467 g/mol. The first-order valence-corrected chi connectivity index (χ1v) is 11.1. The number of hydrogen-bond acceptors (Lipinski definition) is 4. The molecule has 0 fully saturated rings. The fourth-order valence-electron chi connectivity index (χ4n) is 3.53. The van der Waals surface area contributed by atoms with Crippen LogP contribution in [0.4, 0.5) is 0 Å². The van der Waals surface area contributed by atoms with Gasteiger partial charge in [-0.15, -0.1) is 11.3 Å². The molecule has 3 aromatic rings. The van der Waals surface area contributed by atoms with Gasteiger partial charge in [-0.25, -0.2) is 0 Å². The molecule has 7 heteroatoms. The van der Waals surface area contributed by atoms with E-state index in [1.807, 2.05) is 30.3 Å². The van der Waals surface area contributed by atoms with Crippen molar-refractivity contribution in [2.75, 3.05) is 14.2 Å². The van der Waals surface area contributed by atoms with Gasteiger partial charge in [0.05, 0.1) is 29.4 Å². The van der Waals surface area contributed by atoms with Crippen molar-refractivity contribution in [3.05, 3.63) is 56.4 Å². The maximum absolute atomic E-state index is 12.3. The second-order valence-corrected chi connectivity index (χ2v) is 9.63. The molecule has 1 aromatic heterocycles. The summed E-state index contributed by atoms with van der Waals surface area (Å²) >= 11 is 14.5. The van der Waals surface area contributed by atoms with Crippen molar-refractivity contribution in [1.29, 1.82) is 0 Å². The number of hydrogen-bond donors (Lipinski definition) is 1. The van der Waals surface area contributed by atoms with E-state index < -0.39 is 11.4 Å². The molecule has 0 saturated carbocycles. The monoisotopic (exact) mass is 466 g/mol. The Morgan fingerprint density at radius 2 is 1.67 bits per heavy atom. The van der Waals surface area contributed by atoms with E-state index in [4.69, 9.17) is 32.7 Å². The molecule has 0 aliphatic rings. The number of aliphatic carboxylic acids is 1. The summed E-state index contributed by atoms with van der Waals surface area (Å²) in [6.45, 7) is 5.96. The fraction of sp³-hybridized carbons (Fsp3) is 0.348. The van der Waals surface area contributed by atoms with Crippen molar-refractivity contribution in [2.45, 2.75) is 38.5 Å². The fourth-order valence-corrected chi connectivity index (χ4v) is 5.53. The minimum atomic E-state index is -1.09. The molecular formula is C23H24Cl2O4S. The molecule has 0 saturated heterocycles. The third kappa shape index (κ3) is 3.86. The van der Waals surface area contributed by atoms with Gasteiger partial charge in [-0.3, -0.25) is 4.79 Å². The molecule has 0 spiro atoms. The Kier molecular flexibility index (Phi) is 6.56. The topological polar surface area (TPSA) is 55.8 Å². The Labute approximate surface area is 190 Å². The highest BCUT2D eigenvalue weighted by Crippen LogP contribution is 2.50. The van der Waals surface area contributed by atoms with Crippen molar-refractivity contribution in [2.24, 2.45) is 0 Å². The van der Waals surface area contributed by atoms with Crippen LogP contribution in [0.15, 0.2) is 30.3 Å². The number of fused-ring (bicyclic) bond motifs is 1. The molecule has 0 aliphatic carbocycles. The number of benzene rings is 2. The van der Waals surface area contributed by atoms with Crippen LogP contribution < -0.4 is 9.47 Å². The van der Waals surface area contributed by atoms with E-state index in [0.717, 1.165) is 20.5 Å². The Morgan fingerprint density at radius 1 is 1.10 bits per heavy atom. The molecule has 1 atom stereocenters. The van der Waals surface area contributed by atoms with Gasteiger partial charge in [0.2, 0.25) is 0 Å². The molecule has 2 aromatic carbocycles. The maximum Gasteiger partial charge on any atom is 0.314 e. The smallest absolute Gasteiger partial charge is 0.314 e. The van der Waals surface area contributed by atoms with Crippen LogP contribution in [-0.2, 0) is 16.6 Å². The maximum atomic E-state index is 12.3. The number of thiophene rings is 1. The van der Waals surface area contributed by atoms with Crippen LogP contribution in [0.5, 0.6) is 11.5 Å². The third-order valence-electron chi connectivity index (χ3n) is 5.45. The second kappa shape index (κ2) is 8.66. The van der Waals surface area contributed by atoms with E-state index in [1.165, 1.54) is 31.1 Å². The molecule has 0 amide bonds. The van der Waals surface area contributed by atoms with Crippen LogP contribution in [-0.4, -0.2) is 25.3 Å². The van der Waals surface area contributed by atoms with Gasteiger partial charge in [-0.05, 0) is 30.0 Å². The Hall–Kier alpha value is -1.95. The lowest BCUT2D eigenvalue weighted by molar-refractivity contribution is -0.143. The molecule has 30 heavy (non-hydrogen) atoms. The molecular weight excluding hydrogens is 443 g/mol. The predicted molar refractivity (Wildman–Crippen MR) is 124 cm³/mol. The van der Waals surface area contributed by atoms with Gasteiger partial charge in [0.25, 0.3) is 0 Å². The first-order chi connectivity index (χ1) is 14.1. The third-order valence-corrected chi connectivity index (χ3v) is 7.45. The number of rotatable bonds is 7. The van der Waals surface area contributed by atoms with E-state index in [1.54, 1.807) is 6.92 Å². The summed E-state index contributed by atoms with van der Waals surface area (Å²) in [5.74, 6) is 0.234. The van der Waals surface area contributed by atoms with Crippen LogP contribution in [0.3, 0.4) is 0 Å². The molecule has 0 aliphatic heterocycles. The Bertz CT molecular complexity index is 1040. The van der Waals surface area contributed by atoms with Crippen LogP contribution in [0.1, 0.15) is 42.7 Å². The highest BCUT2D eigenvalue weighted by molar-refractivity contribution is 7.19.